The highest BCUT2D eigenvalue weighted by atomic mass is 19.1. The number of hydrogen-bond acceptors (Lipinski definition) is 3. The summed E-state index contributed by atoms with van der Waals surface area (Å²) in [6.45, 7) is 4.36. The summed E-state index contributed by atoms with van der Waals surface area (Å²) in [5.74, 6) is 2.12. The van der Waals surface area contributed by atoms with Crippen molar-refractivity contribution in [1.29, 1.82) is 0 Å². The van der Waals surface area contributed by atoms with E-state index in [0.29, 0.717) is 17.9 Å². The van der Waals surface area contributed by atoms with E-state index in [0.717, 1.165) is 35.4 Å². The summed E-state index contributed by atoms with van der Waals surface area (Å²) < 4.78 is 25.7. The average Bonchev–Trinajstić information content (AvgIpc) is 2.86. The molecule has 0 aliphatic rings. The number of aromatic nitrogens is 1. The van der Waals surface area contributed by atoms with Gasteiger partial charge in [-0.2, -0.15) is 0 Å². The number of alkyl halides is 1. The van der Waals surface area contributed by atoms with E-state index >= 15 is 0 Å². The van der Waals surface area contributed by atoms with E-state index in [1.165, 1.54) is 38.5 Å². The average molecular weight is 464 g/mol. The maximum absolute atomic E-state index is 14.2. The molecule has 4 heteroatoms. The van der Waals surface area contributed by atoms with Gasteiger partial charge in [0.1, 0.15) is 30.0 Å². The van der Waals surface area contributed by atoms with E-state index in [-0.39, 0.29) is 6.61 Å². The molecular formula is C30H38FNO2. The first-order valence-corrected chi connectivity index (χ1v) is 12.7. The van der Waals surface area contributed by atoms with E-state index in [1.807, 2.05) is 67.7 Å². The quantitative estimate of drug-likeness (QED) is 0.211. The molecular weight excluding hydrogens is 425 g/mol. The van der Waals surface area contributed by atoms with Crippen molar-refractivity contribution < 1.29 is 13.9 Å². The van der Waals surface area contributed by atoms with Crippen molar-refractivity contribution in [3.63, 3.8) is 0 Å². The summed E-state index contributed by atoms with van der Waals surface area (Å²) in [6.07, 6.45) is 11.3. The highest BCUT2D eigenvalue weighted by Gasteiger charge is 2.08. The zero-order valence-corrected chi connectivity index (χ0v) is 20.6. The molecule has 182 valence electrons. The van der Waals surface area contributed by atoms with Gasteiger partial charge in [-0.1, -0.05) is 64.4 Å². The van der Waals surface area contributed by atoms with Crippen LogP contribution in [0.5, 0.6) is 17.2 Å². The van der Waals surface area contributed by atoms with Gasteiger partial charge in [0.2, 0.25) is 0 Å². The highest BCUT2D eigenvalue weighted by molar-refractivity contribution is 5.60. The number of benzene rings is 2. The highest BCUT2D eigenvalue weighted by Crippen LogP contribution is 2.26. The number of halogens is 1. The van der Waals surface area contributed by atoms with Gasteiger partial charge in [0.15, 0.2) is 0 Å². The van der Waals surface area contributed by atoms with Crippen LogP contribution in [0.2, 0.25) is 0 Å². The first kappa shape index (κ1) is 25.7. The van der Waals surface area contributed by atoms with Gasteiger partial charge in [-0.05, 0) is 73.5 Å². The van der Waals surface area contributed by atoms with Gasteiger partial charge in [-0.15, -0.1) is 0 Å². The summed E-state index contributed by atoms with van der Waals surface area (Å²) in [4.78, 5) is 4.46. The Bertz CT molecular complexity index is 939. The van der Waals surface area contributed by atoms with E-state index < -0.39 is 6.17 Å². The molecule has 0 aliphatic heterocycles. The molecule has 1 unspecified atom stereocenters. The van der Waals surface area contributed by atoms with Crippen LogP contribution in [0, 0.1) is 6.92 Å². The minimum absolute atomic E-state index is 0.102. The summed E-state index contributed by atoms with van der Waals surface area (Å²) in [7, 11) is 0. The fourth-order valence-corrected chi connectivity index (χ4v) is 3.84. The molecule has 0 bridgehead atoms. The third kappa shape index (κ3) is 9.17. The van der Waals surface area contributed by atoms with Gasteiger partial charge in [-0.3, -0.25) is 4.98 Å². The molecule has 0 amide bonds. The van der Waals surface area contributed by atoms with Gasteiger partial charge < -0.3 is 9.47 Å². The Labute approximate surface area is 204 Å². The number of hydrogen-bond donors (Lipinski definition) is 0. The summed E-state index contributed by atoms with van der Waals surface area (Å²) in [5.41, 5.74) is 3.12. The van der Waals surface area contributed by atoms with Crippen LogP contribution >= 0.6 is 0 Å². The van der Waals surface area contributed by atoms with Crippen molar-refractivity contribution in [2.45, 2.75) is 77.8 Å². The molecule has 0 aliphatic carbocycles. The summed E-state index contributed by atoms with van der Waals surface area (Å²) in [6, 6.07) is 19.3. The molecule has 0 saturated carbocycles. The zero-order valence-electron chi connectivity index (χ0n) is 20.6. The predicted octanol–water partition coefficient (Wildman–Crippen LogP) is 9.10. The Morgan fingerprint density at radius 1 is 0.735 bits per heavy atom. The smallest absolute Gasteiger partial charge is 0.134 e. The molecule has 1 aromatic heterocycles. The molecule has 3 nitrogen and oxygen atoms in total. The number of nitrogens with zero attached hydrogens (tertiary/aromatic N) is 1. The molecule has 2 aromatic carbocycles. The molecule has 0 radical (unpaired) electrons. The lowest BCUT2D eigenvalue weighted by Crippen LogP contribution is -2.12. The molecule has 3 rings (SSSR count). The van der Waals surface area contributed by atoms with Crippen LogP contribution in [0.25, 0.3) is 11.3 Å². The Morgan fingerprint density at radius 3 is 1.94 bits per heavy atom. The van der Waals surface area contributed by atoms with Crippen LogP contribution in [0.3, 0.4) is 0 Å². The van der Waals surface area contributed by atoms with Crippen LogP contribution in [-0.2, 0) is 0 Å². The van der Waals surface area contributed by atoms with Crippen molar-refractivity contribution >= 4 is 0 Å². The molecule has 0 saturated heterocycles. The molecule has 1 heterocycles. The van der Waals surface area contributed by atoms with Crippen molar-refractivity contribution in [1.82, 2.24) is 4.98 Å². The van der Waals surface area contributed by atoms with E-state index in [2.05, 4.69) is 18.0 Å². The van der Waals surface area contributed by atoms with Crippen molar-refractivity contribution in [3.05, 3.63) is 72.4 Å². The number of unbranched alkanes of at least 4 members (excludes halogenated alkanes) is 7. The van der Waals surface area contributed by atoms with Crippen molar-refractivity contribution in [3.8, 4) is 28.5 Å². The van der Waals surface area contributed by atoms with Gasteiger partial charge >= 0.3 is 0 Å². The predicted molar refractivity (Wildman–Crippen MR) is 139 cm³/mol. The maximum Gasteiger partial charge on any atom is 0.134 e. The Kier molecular flexibility index (Phi) is 10.9. The van der Waals surface area contributed by atoms with E-state index in [1.54, 1.807) is 0 Å². The largest absolute Gasteiger partial charge is 0.491 e. The molecule has 1 atom stereocenters. The Morgan fingerprint density at radius 2 is 1.32 bits per heavy atom. The normalized spacial score (nSPS) is 11.9. The van der Waals surface area contributed by atoms with Crippen LogP contribution in [0.15, 0.2) is 66.9 Å². The second-order valence-corrected chi connectivity index (χ2v) is 8.99. The van der Waals surface area contributed by atoms with E-state index in [9.17, 15) is 4.39 Å². The van der Waals surface area contributed by atoms with Crippen LogP contribution < -0.4 is 9.47 Å². The minimum Gasteiger partial charge on any atom is -0.491 e. The molecule has 0 fully saturated rings. The number of ether oxygens (including phenoxy) is 2. The van der Waals surface area contributed by atoms with Gasteiger partial charge in [0, 0.05) is 11.8 Å². The van der Waals surface area contributed by atoms with Crippen LogP contribution in [-0.4, -0.2) is 17.8 Å². The van der Waals surface area contributed by atoms with Crippen molar-refractivity contribution in [2.24, 2.45) is 0 Å². The van der Waals surface area contributed by atoms with Gasteiger partial charge in [0.05, 0.1) is 5.69 Å². The van der Waals surface area contributed by atoms with E-state index in [4.69, 9.17) is 9.47 Å². The lowest BCUT2D eigenvalue weighted by molar-refractivity contribution is 0.183. The Hall–Kier alpha value is -2.88. The lowest BCUT2D eigenvalue weighted by atomic mass is 10.1. The monoisotopic (exact) mass is 463 g/mol. The molecule has 0 spiro atoms. The van der Waals surface area contributed by atoms with Gasteiger partial charge in [-0.25, -0.2) is 4.39 Å². The lowest BCUT2D eigenvalue weighted by Gasteiger charge is -2.11. The molecule has 34 heavy (non-hydrogen) atoms. The Balaban J connectivity index is 1.35. The molecule has 3 aromatic rings. The fraction of sp³-hybridized carbons (Fsp3) is 0.433. The number of rotatable bonds is 15. The van der Waals surface area contributed by atoms with Gasteiger partial charge in [0.25, 0.3) is 0 Å². The summed E-state index contributed by atoms with van der Waals surface area (Å²) >= 11 is 0. The standard InChI is InChI=1S/C30H38FNO2/c1-3-4-5-6-7-8-9-10-11-26(31)23-33-27-17-19-29(20-18-27)34-28-15-13-25(14-16-28)30-21-12-24(2)22-32-30/h12-22,26H,3-11,23H2,1-2H3. The second kappa shape index (κ2) is 14.4. The molecule has 0 N–H and O–H groups in total. The SMILES string of the molecule is CCCCCCCCCCC(F)COc1ccc(Oc2ccc(-c3ccc(C)cn3)cc2)cc1. The minimum atomic E-state index is -0.919. The second-order valence-electron chi connectivity index (χ2n) is 8.99. The third-order valence-electron chi connectivity index (χ3n) is 5.92. The number of aryl methyl sites for hydroxylation is 1. The van der Waals surface area contributed by atoms with Crippen molar-refractivity contribution in [2.75, 3.05) is 6.61 Å². The first-order chi connectivity index (χ1) is 16.6. The number of pyridine rings is 1. The van der Waals surface area contributed by atoms with Crippen LogP contribution in [0.1, 0.15) is 70.3 Å². The first-order valence-electron chi connectivity index (χ1n) is 12.7. The zero-order chi connectivity index (χ0) is 24.0. The topological polar surface area (TPSA) is 31.4 Å². The fourth-order valence-electron chi connectivity index (χ4n) is 3.84. The maximum atomic E-state index is 14.2. The summed E-state index contributed by atoms with van der Waals surface area (Å²) in [5, 5.41) is 0. The third-order valence-corrected chi connectivity index (χ3v) is 5.92. The van der Waals surface area contributed by atoms with Crippen LogP contribution in [0.4, 0.5) is 4.39 Å².